The number of guanidine groups is 2. The van der Waals surface area contributed by atoms with Crippen LogP contribution in [0.25, 0.3) is 10.9 Å². The number of nitrogens with zero attached hydrogens (tertiary/aromatic N) is 1. The number of carboxylic acid groups (broad SMARTS) is 1. The number of phenols is 1. The first-order valence-corrected chi connectivity index (χ1v) is 43.3. The number of H-pyrrole nitrogens is 2. The van der Waals surface area contributed by atoms with Crippen LogP contribution in [0.2, 0.25) is 0 Å². The highest BCUT2D eigenvalue weighted by molar-refractivity contribution is 8.76. The van der Waals surface area contributed by atoms with Crippen molar-refractivity contribution in [2.75, 3.05) is 37.7 Å². The second kappa shape index (κ2) is 52.5. The van der Waals surface area contributed by atoms with Gasteiger partial charge in [-0.05, 0) is 87.1 Å². The lowest BCUT2D eigenvalue weighted by Gasteiger charge is -2.30. The average molecular weight is 1830 g/mol. The van der Waals surface area contributed by atoms with Crippen LogP contribution in [-0.4, -0.2) is 282 Å². The first kappa shape index (κ1) is 105. The van der Waals surface area contributed by atoms with Crippen LogP contribution in [0.4, 0.5) is 0 Å². The van der Waals surface area contributed by atoms with E-state index in [2.05, 4.69) is 105 Å². The van der Waals surface area contributed by atoms with Crippen LogP contribution in [-0.2, 0) is 106 Å². The lowest BCUT2D eigenvalue weighted by molar-refractivity contribution is -0.141. The van der Waals surface area contributed by atoms with Crippen molar-refractivity contribution in [2.24, 2.45) is 34.8 Å². The summed E-state index contributed by atoms with van der Waals surface area (Å²) in [5.74, 6) is -24.7. The van der Waals surface area contributed by atoms with Crippen LogP contribution in [0.15, 0.2) is 67.3 Å². The van der Waals surface area contributed by atoms with Crippen LogP contribution in [0.5, 0.6) is 5.75 Å². The largest absolute Gasteiger partial charge is 0.508 e. The number of carbonyl (C=O) groups is 18. The third-order valence-electron chi connectivity index (χ3n) is 19.9. The predicted octanol–water partition coefficient (Wildman–Crippen LogP) is -8.21. The first-order chi connectivity index (χ1) is 60.5. The number of aromatic amines is 2. The number of para-hydroxylation sites is 1. The Morgan fingerprint density at radius 1 is 0.602 bits per heavy atom. The van der Waals surface area contributed by atoms with Gasteiger partial charge in [0.15, 0.2) is 11.9 Å². The summed E-state index contributed by atoms with van der Waals surface area (Å²) in [7, 11) is 1.43. The number of phenolic OH excluding ortho intramolecular Hbond substituents is 1. The lowest BCUT2D eigenvalue weighted by atomic mass is 9.97. The minimum atomic E-state index is -2.12. The molecular weight excluding hydrogens is 1720 g/mol. The molecule has 48 nitrogen and oxygen atoms in total. The molecule has 0 spiro atoms. The Bertz CT molecular complexity index is 4580. The van der Waals surface area contributed by atoms with Crippen molar-refractivity contribution in [3.8, 4) is 5.75 Å². The van der Waals surface area contributed by atoms with Gasteiger partial charge in [0.05, 0.1) is 32.0 Å². The SMILES string of the molecule is CC[C@H](C)[C@H](NC(=O)[C@H](CO)NC(=O)[C@H](CCCNC(=N)N)NC(C)=O)C(=O)N[C@H]1CSSC[C@@H](C(=O)N[C@H](C(N)=O)[C@@H](C)O)NC(=O)[C@H](CCCNC(=N)N)NC(=O)[C@H](Cc2cnc[nH]2)NC(=O)[C@H](C)NC(=O)CNC(=O)[C@H](Cc2c[nH]c3ccccc23)NC(=O)[C@H](CC(=O)O)NC(=O)[C@H](CCC(N)=O)NC(=O)[C@H](Cc2ccc(O)cc2)NC(=O)[C@H](C(C)C)NC1=O. The molecule has 17 amide bonds. The number of imidazole rings is 1. The van der Waals surface area contributed by atoms with Gasteiger partial charge in [0.2, 0.25) is 100 Å². The van der Waals surface area contributed by atoms with E-state index in [0.29, 0.717) is 38.1 Å². The van der Waals surface area contributed by atoms with E-state index in [0.717, 1.165) is 13.8 Å². The summed E-state index contributed by atoms with van der Waals surface area (Å²) in [6.07, 6.45) is -1.59. The zero-order valence-electron chi connectivity index (χ0n) is 71.4. The molecule has 1 saturated heterocycles. The summed E-state index contributed by atoms with van der Waals surface area (Å²) >= 11 is 0. The maximum Gasteiger partial charge on any atom is 0.305 e. The number of fused-ring (bicyclic) bond motifs is 1. The molecule has 0 bridgehead atoms. The van der Waals surface area contributed by atoms with E-state index in [-0.39, 0.29) is 81.0 Å². The number of hydrogen-bond donors (Lipinski definition) is 29. The molecule has 128 heavy (non-hydrogen) atoms. The molecule has 1 aliphatic rings. The Balaban J connectivity index is 1.70. The van der Waals surface area contributed by atoms with Gasteiger partial charge in [-0.2, -0.15) is 0 Å². The lowest BCUT2D eigenvalue weighted by Crippen LogP contribution is -2.62. The van der Waals surface area contributed by atoms with E-state index >= 15 is 19.2 Å². The van der Waals surface area contributed by atoms with Gasteiger partial charge in [0, 0.05) is 86.2 Å². The van der Waals surface area contributed by atoms with Gasteiger partial charge in [0.25, 0.3) is 0 Å². The van der Waals surface area contributed by atoms with Crippen LogP contribution >= 0.6 is 21.6 Å². The van der Waals surface area contributed by atoms with Crippen LogP contribution in [0, 0.1) is 22.7 Å². The van der Waals surface area contributed by atoms with Crippen molar-refractivity contribution in [3.05, 3.63) is 84.1 Å². The maximum absolute atomic E-state index is 15.3. The summed E-state index contributed by atoms with van der Waals surface area (Å²) in [5, 5.41) is 99.4. The molecule has 3 heterocycles. The van der Waals surface area contributed by atoms with E-state index in [1.807, 2.05) is 0 Å². The van der Waals surface area contributed by atoms with Gasteiger partial charge in [-0.25, -0.2) is 4.98 Å². The molecule has 5 rings (SSSR count). The Hall–Kier alpha value is -13.4. The highest BCUT2D eigenvalue weighted by atomic mass is 33.1. The highest BCUT2D eigenvalue weighted by Gasteiger charge is 2.40. The van der Waals surface area contributed by atoms with Gasteiger partial charge in [-0.15, -0.1) is 0 Å². The maximum atomic E-state index is 15.3. The minimum Gasteiger partial charge on any atom is -0.508 e. The number of aliphatic hydroxyl groups excluding tert-OH is 2. The number of carboxylic acids is 1. The quantitative estimate of drug-likeness (QED) is 0.00894. The summed E-state index contributed by atoms with van der Waals surface area (Å²) < 4.78 is 0. The van der Waals surface area contributed by atoms with E-state index in [1.165, 1.54) is 70.7 Å². The van der Waals surface area contributed by atoms with Gasteiger partial charge in [0.1, 0.15) is 90.3 Å². The summed E-state index contributed by atoms with van der Waals surface area (Å²) in [4.78, 5) is 265. The molecular formula is C78H116N26O22S2. The molecule has 0 aliphatic carbocycles. The molecule has 4 aromatic rings. The highest BCUT2D eigenvalue weighted by Crippen LogP contribution is 2.25. The van der Waals surface area contributed by atoms with E-state index in [4.69, 9.17) is 33.8 Å². The number of aromatic nitrogens is 3. The molecule has 50 heteroatoms. The minimum absolute atomic E-state index is 0.0597. The zero-order valence-corrected chi connectivity index (χ0v) is 73.0. The second-order valence-electron chi connectivity index (χ2n) is 30.6. The fraction of sp³-hybridized carbons (Fsp3) is 0.526. The number of aliphatic hydroxyl groups is 2. The Morgan fingerprint density at radius 3 is 1.77 bits per heavy atom. The molecule has 1 aliphatic heterocycles. The number of carbonyl (C=O) groups excluding carboxylic acids is 17. The topological polar surface area (TPSA) is 789 Å². The molecule has 0 unspecified atom stereocenters. The van der Waals surface area contributed by atoms with Crippen molar-refractivity contribution in [1.82, 2.24) is 105 Å². The molecule has 16 atom stereocenters. The van der Waals surface area contributed by atoms with Crippen molar-refractivity contribution in [2.45, 2.75) is 210 Å². The number of benzene rings is 2. The molecule has 33 N–H and O–H groups in total. The molecule has 2 aromatic carbocycles. The van der Waals surface area contributed by atoms with Crippen LogP contribution in [0.1, 0.15) is 117 Å². The Morgan fingerprint density at radius 2 is 1.17 bits per heavy atom. The second-order valence-corrected chi connectivity index (χ2v) is 33.1. The van der Waals surface area contributed by atoms with Crippen LogP contribution < -0.4 is 113 Å². The molecule has 1 fully saturated rings. The van der Waals surface area contributed by atoms with Crippen molar-refractivity contribution in [3.63, 3.8) is 0 Å². The van der Waals surface area contributed by atoms with Gasteiger partial charge < -0.3 is 144 Å². The van der Waals surface area contributed by atoms with Gasteiger partial charge >= 0.3 is 5.97 Å². The number of aromatic hydroxyl groups is 1. The van der Waals surface area contributed by atoms with Gasteiger partial charge in [-0.1, -0.05) is 86.0 Å². The predicted molar refractivity (Wildman–Crippen MR) is 464 cm³/mol. The zero-order chi connectivity index (χ0) is 95.2. The first-order valence-electron chi connectivity index (χ1n) is 40.8. The summed E-state index contributed by atoms with van der Waals surface area (Å²) in [5.41, 5.74) is 23.5. The molecule has 0 saturated carbocycles. The smallest absolute Gasteiger partial charge is 0.305 e. The van der Waals surface area contributed by atoms with Crippen molar-refractivity contribution >= 4 is 151 Å². The fourth-order valence-corrected chi connectivity index (χ4v) is 15.1. The monoisotopic (exact) mass is 1830 g/mol. The van der Waals surface area contributed by atoms with E-state index < -0.39 is 265 Å². The normalized spacial score (nSPS) is 21.7. The number of rotatable bonds is 34. The van der Waals surface area contributed by atoms with Crippen LogP contribution in [0.3, 0.4) is 0 Å². The third-order valence-corrected chi connectivity index (χ3v) is 22.4. The molecule has 2 aromatic heterocycles. The Labute approximate surface area is 742 Å². The average Bonchev–Trinajstić information content (AvgIpc) is 1.68. The molecule has 702 valence electrons. The number of nitrogens with one attached hydrogen (secondary N) is 21. The van der Waals surface area contributed by atoms with Crippen molar-refractivity contribution in [1.29, 1.82) is 10.8 Å². The summed E-state index contributed by atoms with van der Waals surface area (Å²) in [6, 6.07) is -12.6. The number of aliphatic carboxylic acids is 1. The Kier molecular flexibility index (Phi) is 43.2. The van der Waals surface area contributed by atoms with Gasteiger partial charge in [-0.3, -0.25) is 97.1 Å². The number of nitrogens with two attached hydrogens (primary N) is 4. The number of primary amides is 2. The van der Waals surface area contributed by atoms with E-state index in [9.17, 15) is 87.5 Å². The third kappa shape index (κ3) is 35.6. The van der Waals surface area contributed by atoms with Crippen molar-refractivity contribution < 1.29 is 107 Å². The molecule has 0 radical (unpaired) electrons. The van der Waals surface area contributed by atoms with E-state index in [1.54, 1.807) is 31.2 Å². The summed E-state index contributed by atoms with van der Waals surface area (Å²) in [6.45, 7) is 7.45. The number of amides is 17. The fourth-order valence-electron chi connectivity index (χ4n) is 12.7. The number of hydrogen-bond acceptors (Lipinski definition) is 26. The standard InChI is InChI=1S/C78H116N26O22S2/c1-8-37(4)61(103-72(122)54(32-105)99-66(116)47(92-40(7)107)15-11-23-86-77(81)82)76(126)101-56-34-128-127-33-55(74(124)104-62(39(6)106)63(80)113)100-67(117)48(16-12-24-87-78(83)84)93-70(120)52(27-43-30-85-35-90-43)95-64(114)38(5)91-58(110)31-89-65(115)51(26-42-29-88-46-14-10-9-13-45(42)46)96-71(121)53(28-59(111)112)97-68(118)49(21-22-57(79)109)94-69(119)50(25-41-17-19-44(108)20-18-41)98-75(125)60(36(2)3)102-73(56)123/h9-10,13-14,17-20,29-30,35-39,47-56,60-62,88,105-106,108H,8,11-12,15-16,21-28,31-34H2,1-7H3,(H2,79,109)(H2,80,113)(H,85,90)(H,89,115)(H,91,110)(H,92,107)(H,93,120)(H,94,119)(H,95,114)(H,96,121)(H,97,118)(H,98,125)(H,99,116)(H,100,117)(H,101,126)(H,102,123)(H,103,122)(H,104,124)(H,111,112)(H4,81,82,86)(H4,83,84,87)/t37-,38-,39+,47-,48-,49-,50-,51-,52-,53-,54-,55-,56-,60-,61-,62-/m0/s1.